The SMILES string of the molecule is CCOC(=O)CCCOc1cccc(CF)c1. The van der Waals surface area contributed by atoms with E-state index in [0.29, 0.717) is 37.4 Å². The van der Waals surface area contributed by atoms with E-state index in [-0.39, 0.29) is 5.97 Å². The molecule has 1 rings (SSSR count). The van der Waals surface area contributed by atoms with E-state index in [1.165, 1.54) is 0 Å². The average molecular weight is 240 g/mol. The largest absolute Gasteiger partial charge is 0.494 e. The van der Waals surface area contributed by atoms with Crippen molar-refractivity contribution in [2.45, 2.75) is 26.4 Å². The minimum Gasteiger partial charge on any atom is -0.494 e. The van der Waals surface area contributed by atoms with Crippen molar-refractivity contribution < 1.29 is 18.7 Å². The Bertz CT molecular complexity index is 352. The Balaban J connectivity index is 2.24. The zero-order chi connectivity index (χ0) is 12.5. The van der Waals surface area contributed by atoms with E-state index in [1.807, 2.05) is 0 Å². The summed E-state index contributed by atoms with van der Waals surface area (Å²) >= 11 is 0. The van der Waals surface area contributed by atoms with Crippen LogP contribution in [0.3, 0.4) is 0 Å². The molecule has 0 heterocycles. The zero-order valence-corrected chi connectivity index (χ0v) is 9.95. The van der Waals surface area contributed by atoms with Crippen molar-refractivity contribution in [1.29, 1.82) is 0 Å². The number of hydrogen-bond acceptors (Lipinski definition) is 3. The van der Waals surface area contributed by atoms with E-state index < -0.39 is 6.67 Å². The van der Waals surface area contributed by atoms with Crippen LogP contribution in [0.2, 0.25) is 0 Å². The van der Waals surface area contributed by atoms with Crippen LogP contribution in [0.1, 0.15) is 25.3 Å². The number of hydrogen-bond donors (Lipinski definition) is 0. The molecule has 0 saturated heterocycles. The molecule has 0 atom stereocenters. The molecule has 0 amide bonds. The number of rotatable bonds is 7. The molecular weight excluding hydrogens is 223 g/mol. The molecule has 0 radical (unpaired) electrons. The molecule has 0 aliphatic rings. The molecule has 0 spiro atoms. The van der Waals surface area contributed by atoms with Gasteiger partial charge in [0.15, 0.2) is 0 Å². The average Bonchev–Trinajstić information content (AvgIpc) is 2.35. The highest BCUT2D eigenvalue weighted by atomic mass is 19.1. The highest BCUT2D eigenvalue weighted by Gasteiger charge is 2.01. The number of benzene rings is 1. The molecule has 0 aliphatic heterocycles. The summed E-state index contributed by atoms with van der Waals surface area (Å²) in [5, 5.41) is 0. The summed E-state index contributed by atoms with van der Waals surface area (Å²) in [7, 11) is 0. The Hall–Kier alpha value is -1.58. The molecule has 3 nitrogen and oxygen atoms in total. The van der Waals surface area contributed by atoms with Gasteiger partial charge >= 0.3 is 5.97 Å². The third kappa shape index (κ3) is 5.33. The maximum atomic E-state index is 12.4. The normalized spacial score (nSPS) is 10.0. The van der Waals surface area contributed by atoms with Crippen molar-refractivity contribution in [1.82, 2.24) is 0 Å². The number of ether oxygens (including phenoxy) is 2. The monoisotopic (exact) mass is 240 g/mol. The molecule has 0 saturated carbocycles. The first-order valence-corrected chi connectivity index (χ1v) is 5.69. The summed E-state index contributed by atoms with van der Waals surface area (Å²) in [6, 6.07) is 6.87. The zero-order valence-electron chi connectivity index (χ0n) is 9.95. The van der Waals surface area contributed by atoms with Crippen LogP contribution >= 0.6 is 0 Å². The lowest BCUT2D eigenvalue weighted by Gasteiger charge is -2.06. The number of alkyl halides is 1. The van der Waals surface area contributed by atoms with Crippen LogP contribution in [0.15, 0.2) is 24.3 Å². The van der Waals surface area contributed by atoms with Crippen LogP contribution in [-0.2, 0) is 16.2 Å². The molecule has 94 valence electrons. The van der Waals surface area contributed by atoms with Gasteiger partial charge in [-0.3, -0.25) is 4.79 Å². The van der Waals surface area contributed by atoms with E-state index >= 15 is 0 Å². The molecule has 0 unspecified atom stereocenters. The summed E-state index contributed by atoms with van der Waals surface area (Å²) in [5.41, 5.74) is 0.591. The van der Waals surface area contributed by atoms with Gasteiger partial charge in [0.1, 0.15) is 12.4 Å². The van der Waals surface area contributed by atoms with E-state index in [2.05, 4.69) is 0 Å². The number of carbonyl (C=O) groups excluding carboxylic acids is 1. The molecule has 0 bridgehead atoms. The lowest BCUT2D eigenvalue weighted by atomic mass is 10.2. The second-order valence-electron chi connectivity index (χ2n) is 3.54. The van der Waals surface area contributed by atoms with Crippen molar-refractivity contribution in [3.8, 4) is 5.75 Å². The van der Waals surface area contributed by atoms with Crippen LogP contribution in [0.25, 0.3) is 0 Å². The second-order valence-corrected chi connectivity index (χ2v) is 3.54. The first-order chi connectivity index (χ1) is 8.26. The minimum atomic E-state index is -0.500. The maximum absolute atomic E-state index is 12.4. The summed E-state index contributed by atoms with van der Waals surface area (Å²) in [6.07, 6.45) is 0.940. The fraction of sp³-hybridized carbons (Fsp3) is 0.462. The van der Waals surface area contributed by atoms with Crippen molar-refractivity contribution in [2.75, 3.05) is 13.2 Å². The molecule has 1 aromatic carbocycles. The molecule has 17 heavy (non-hydrogen) atoms. The van der Waals surface area contributed by atoms with Crippen molar-refractivity contribution in [2.24, 2.45) is 0 Å². The van der Waals surface area contributed by atoms with Gasteiger partial charge in [-0.1, -0.05) is 12.1 Å². The van der Waals surface area contributed by atoms with Gasteiger partial charge in [0, 0.05) is 6.42 Å². The Kier molecular flexibility index (Phi) is 6.07. The topological polar surface area (TPSA) is 35.5 Å². The van der Waals surface area contributed by atoms with Gasteiger partial charge in [0.25, 0.3) is 0 Å². The Morgan fingerprint density at radius 2 is 2.24 bits per heavy atom. The van der Waals surface area contributed by atoms with Crippen LogP contribution in [0.5, 0.6) is 5.75 Å². The third-order valence-corrected chi connectivity index (χ3v) is 2.15. The molecule has 0 aliphatic carbocycles. The lowest BCUT2D eigenvalue weighted by molar-refractivity contribution is -0.143. The maximum Gasteiger partial charge on any atom is 0.305 e. The molecular formula is C13H17FO3. The van der Waals surface area contributed by atoms with Crippen molar-refractivity contribution in [3.05, 3.63) is 29.8 Å². The molecule has 1 aromatic rings. The van der Waals surface area contributed by atoms with E-state index in [0.717, 1.165) is 0 Å². The minimum absolute atomic E-state index is 0.214. The summed E-state index contributed by atoms with van der Waals surface area (Å²) in [6.45, 7) is 2.10. The number of esters is 1. The first-order valence-electron chi connectivity index (χ1n) is 5.69. The Morgan fingerprint density at radius 1 is 1.41 bits per heavy atom. The van der Waals surface area contributed by atoms with Crippen LogP contribution in [0, 0.1) is 0 Å². The Labute approximate surface area is 101 Å². The van der Waals surface area contributed by atoms with Gasteiger partial charge < -0.3 is 9.47 Å². The number of carbonyl (C=O) groups is 1. The summed E-state index contributed by atoms with van der Waals surface area (Å²) in [4.78, 5) is 11.0. The van der Waals surface area contributed by atoms with Gasteiger partial charge in [0.05, 0.1) is 13.2 Å². The first kappa shape index (κ1) is 13.5. The van der Waals surface area contributed by atoms with Gasteiger partial charge in [-0.05, 0) is 31.0 Å². The fourth-order valence-corrected chi connectivity index (χ4v) is 1.36. The van der Waals surface area contributed by atoms with Gasteiger partial charge in [-0.25, -0.2) is 4.39 Å². The smallest absolute Gasteiger partial charge is 0.305 e. The second kappa shape index (κ2) is 7.65. The predicted molar refractivity (Wildman–Crippen MR) is 62.6 cm³/mol. The van der Waals surface area contributed by atoms with E-state index in [1.54, 1.807) is 31.2 Å². The molecule has 0 N–H and O–H groups in total. The van der Waals surface area contributed by atoms with E-state index in [4.69, 9.17) is 9.47 Å². The van der Waals surface area contributed by atoms with Gasteiger partial charge in [-0.2, -0.15) is 0 Å². The van der Waals surface area contributed by atoms with Crippen molar-refractivity contribution in [3.63, 3.8) is 0 Å². The van der Waals surface area contributed by atoms with E-state index in [9.17, 15) is 9.18 Å². The summed E-state index contributed by atoms with van der Waals surface area (Å²) < 4.78 is 22.6. The van der Waals surface area contributed by atoms with Crippen LogP contribution < -0.4 is 4.74 Å². The quantitative estimate of drug-likeness (QED) is 0.543. The van der Waals surface area contributed by atoms with Crippen LogP contribution in [-0.4, -0.2) is 19.2 Å². The fourth-order valence-electron chi connectivity index (χ4n) is 1.36. The lowest BCUT2D eigenvalue weighted by Crippen LogP contribution is -2.06. The molecule has 0 fully saturated rings. The third-order valence-electron chi connectivity index (χ3n) is 2.15. The number of halogens is 1. The molecule has 0 aromatic heterocycles. The molecule has 4 heteroatoms. The Morgan fingerprint density at radius 3 is 2.94 bits per heavy atom. The summed E-state index contributed by atoms with van der Waals surface area (Å²) in [5.74, 6) is 0.414. The predicted octanol–water partition coefficient (Wildman–Crippen LogP) is 2.88. The van der Waals surface area contributed by atoms with Gasteiger partial charge in [-0.15, -0.1) is 0 Å². The highest BCUT2D eigenvalue weighted by molar-refractivity contribution is 5.69. The van der Waals surface area contributed by atoms with Crippen LogP contribution in [0.4, 0.5) is 4.39 Å². The standard InChI is InChI=1S/C13H17FO3/c1-2-16-13(15)7-4-8-17-12-6-3-5-11(9-12)10-14/h3,5-6,9H,2,4,7-8,10H2,1H3. The van der Waals surface area contributed by atoms with Gasteiger partial charge in [0.2, 0.25) is 0 Å². The highest BCUT2D eigenvalue weighted by Crippen LogP contribution is 2.14. The van der Waals surface area contributed by atoms with Crippen molar-refractivity contribution >= 4 is 5.97 Å².